The van der Waals surface area contributed by atoms with Gasteiger partial charge in [-0.1, -0.05) is 43.4 Å². The molecule has 0 spiro atoms. The number of nitrogens with zero attached hydrogens (tertiary/aromatic N) is 3. The van der Waals surface area contributed by atoms with Crippen molar-refractivity contribution in [2.24, 2.45) is 0 Å². The quantitative estimate of drug-likeness (QED) is 0.411. The van der Waals surface area contributed by atoms with E-state index < -0.39 is 6.10 Å². The Morgan fingerprint density at radius 2 is 2.12 bits per heavy atom. The summed E-state index contributed by atoms with van der Waals surface area (Å²) in [6.45, 7) is 3.03. The summed E-state index contributed by atoms with van der Waals surface area (Å²) in [5.41, 5.74) is 1.51. The van der Waals surface area contributed by atoms with Gasteiger partial charge in [0.25, 0.3) is 0 Å². The van der Waals surface area contributed by atoms with E-state index in [1.54, 1.807) is 30.4 Å². The summed E-state index contributed by atoms with van der Waals surface area (Å²) in [5.74, 6) is 1.98. The van der Waals surface area contributed by atoms with Crippen LogP contribution in [0.25, 0.3) is 6.08 Å². The number of aromatic amines is 1. The number of carbonyl (C=O) groups excluding carboxylic acids is 1. The highest BCUT2D eigenvalue weighted by Crippen LogP contribution is 2.41. The number of anilines is 1. The Morgan fingerprint density at radius 1 is 1.25 bits per heavy atom. The first kappa shape index (κ1) is 21.1. The molecule has 3 aromatic rings. The zero-order chi connectivity index (χ0) is 22.2. The lowest BCUT2D eigenvalue weighted by Crippen LogP contribution is -2.24. The summed E-state index contributed by atoms with van der Waals surface area (Å²) in [4.78, 5) is 12.4. The third-order valence-corrected chi connectivity index (χ3v) is 4.55. The van der Waals surface area contributed by atoms with E-state index in [9.17, 15) is 4.79 Å². The molecule has 1 atom stereocenters. The van der Waals surface area contributed by atoms with Crippen molar-refractivity contribution in [3.63, 3.8) is 0 Å². The van der Waals surface area contributed by atoms with E-state index in [1.165, 1.54) is 6.08 Å². The molecule has 0 saturated heterocycles. The third kappa shape index (κ3) is 5.31. The molecule has 4 rings (SSSR count). The van der Waals surface area contributed by atoms with E-state index in [4.69, 9.17) is 14.2 Å². The minimum atomic E-state index is -0.493. The number of ether oxygens (including phenoxy) is 3. The van der Waals surface area contributed by atoms with Gasteiger partial charge < -0.3 is 19.5 Å². The fourth-order valence-corrected chi connectivity index (χ4v) is 3.01. The number of fused-ring (bicyclic) bond motifs is 1. The summed E-state index contributed by atoms with van der Waals surface area (Å²) >= 11 is 0. The number of H-pyrrole nitrogens is 1. The van der Waals surface area contributed by atoms with Gasteiger partial charge in [0.2, 0.25) is 5.91 Å². The molecule has 1 aromatic heterocycles. The van der Waals surface area contributed by atoms with E-state index >= 15 is 0 Å². The van der Waals surface area contributed by atoms with Crippen LogP contribution in [0.3, 0.4) is 0 Å². The van der Waals surface area contributed by atoms with Crippen LogP contribution in [0.5, 0.6) is 17.2 Å². The summed E-state index contributed by atoms with van der Waals surface area (Å²) in [6.07, 6.45) is 7.30. The van der Waals surface area contributed by atoms with Crippen LogP contribution in [0, 0.1) is 0 Å². The van der Waals surface area contributed by atoms with Gasteiger partial charge in [-0.2, -0.15) is 0 Å². The molecule has 0 bridgehead atoms. The zero-order valence-corrected chi connectivity index (χ0v) is 17.5. The number of hydrogen-bond acceptors (Lipinski definition) is 7. The highest BCUT2D eigenvalue weighted by molar-refractivity contribution is 6.00. The van der Waals surface area contributed by atoms with Crippen molar-refractivity contribution in [2.45, 2.75) is 19.4 Å². The SMILES string of the molecule is CCCOc1ccc(/C=C/C=C/C(=O)Nc2cccc3c2OC(c2nnn[nH]2)CO3)cc1. The maximum atomic E-state index is 12.4. The van der Waals surface area contributed by atoms with Crippen molar-refractivity contribution in [3.05, 3.63) is 72.1 Å². The highest BCUT2D eigenvalue weighted by Gasteiger charge is 2.27. The monoisotopic (exact) mass is 433 g/mol. The Balaban J connectivity index is 1.35. The Morgan fingerprint density at radius 3 is 2.91 bits per heavy atom. The number of rotatable bonds is 8. The molecule has 32 heavy (non-hydrogen) atoms. The number of benzene rings is 2. The van der Waals surface area contributed by atoms with Gasteiger partial charge >= 0.3 is 0 Å². The fourth-order valence-electron chi connectivity index (χ4n) is 3.01. The van der Waals surface area contributed by atoms with Crippen molar-refractivity contribution in [2.75, 3.05) is 18.5 Å². The van der Waals surface area contributed by atoms with Gasteiger partial charge in [-0.25, -0.2) is 5.10 Å². The van der Waals surface area contributed by atoms with Crippen LogP contribution < -0.4 is 19.5 Å². The van der Waals surface area contributed by atoms with E-state index in [0.717, 1.165) is 17.7 Å². The van der Waals surface area contributed by atoms with Crippen LogP contribution in [0.1, 0.15) is 30.8 Å². The van der Waals surface area contributed by atoms with E-state index in [-0.39, 0.29) is 12.5 Å². The predicted molar refractivity (Wildman–Crippen MR) is 119 cm³/mol. The summed E-state index contributed by atoms with van der Waals surface area (Å²) in [5, 5.41) is 16.5. The second-order valence-electron chi connectivity index (χ2n) is 6.96. The van der Waals surface area contributed by atoms with Gasteiger partial charge in [0.1, 0.15) is 12.4 Å². The molecule has 0 aliphatic carbocycles. The largest absolute Gasteiger partial charge is 0.494 e. The standard InChI is InChI=1S/C23H23N5O4/c1-2-14-30-17-12-10-16(11-13-17)6-3-4-9-21(29)24-18-7-5-8-19-22(18)32-20(15-31-19)23-25-27-28-26-23/h3-13,20H,2,14-15H2,1H3,(H,24,29)(H,25,26,27,28)/b6-3+,9-4+. The Hall–Kier alpha value is -4.14. The third-order valence-electron chi connectivity index (χ3n) is 4.55. The minimum Gasteiger partial charge on any atom is -0.494 e. The summed E-state index contributed by atoms with van der Waals surface area (Å²) < 4.78 is 17.3. The van der Waals surface area contributed by atoms with Crippen molar-refractivity contribution in [1.29, 1.82) is 0 Å². The number of allylic oxidation sites excluding steroid dienone is 2. The van der Waals surface area contributed by atoms with Gasteiger partial charge in [-0.15, -0.1) is 5.10 Å². The summed E-state index contributed by atoms with van der Waals surface area (Å²) in [7, 11) is 0. The van der Waals surface area contributed by atoms with Gasteiger partial charge in [-0.3, -0.25) is 4.79 Å². The van der Waals surface area contributed by atoms with E-state index in [0.29, 0.717) is 29.6 Å². The molecule has 2 aromatic carbocycles. The molecule has 1 aliphatic heterocycles. The van der Waals surface area contributed by atoms with Crippen molar-refractivity contribution >= 4 is 17.7 Å². The molecular weight excluding hydrogens is 410 g/mol. The smallest absolute Gasteiger partial charge is 0.248 e. The van der Waals surface area contributed by atoms with E-state index in [2.05, 4.69) is 32.9 Å². The lowest BCUT2D eigenvalue weighted by atomic mass is 10.2. The summed E-state index contributed by atoms with van der Waals surface area (Å²) in [6, 6.07) is 13.1. The number of nitrogens with one attached hydrogen (secondary N) is 2. The molecule has 1 aliphatic rings. The average molecular weight is 433 g/mol. The molecule has 0 saturated carbocycles. The van der Waals surface area contributed by atoms with Crippen LogP contribution in [-0.2, 0) is 4.79 Å². The number of carbonyl (C=O) groups is 1. The second-order valence-corrected chi connectivity index (χ2v) is 6.96. The Bertz CT molecular complexity index is 1090. The minimum absolute atomic E-state index is 0.262. The lowest BCUT2D eigenvalue weighted by Gasteiger charge is -2.26. The van der Waals surface area contributed by atoms with Crippen LogP contribution >= 0.6 is 0 Å². The van der Waals surface area contributed by atoms with Crippen LogP contribution in [-0.4, -0.2) is 39.7 Å². The first-order valence-corrected chi connectivity index (χ1v) is 10.3. The normalized spacial score (nSPS) is 15.2. The first-order chi connectivity index (χ1) is 15.7. The number of para-hydroxylation sites is 1. The molecule has 9 heteroatoms. The van der Waals surface area contributed by atoms with Gasteiger partial charge in [0.05, 0.1) is 12.3 Å². The molecular formula is C23H23N5O4. The maximum Gasteiger partial charge on any atom is 0.248 e. The predicted octanol–water partition coefficient (Wildman–Crippen LogP) is 3.71. The molecule has 164 valence electrons. The lowest BCUT2D eigenvalue weighted by molar-refractivity contribution is -0.111. The molecule has 2 N–H and O–H groups in total. The Labute approximate surface area is 185 Å². The fraction of sp³-hybridized carbons (Fsp3) is 0.217. The molecule has 9 nitrogen and oxygen atoms in total. The zero-order valence-electron chi connectivity index (χ0n) is 17.5. The molecule has 1 unspecified atom stereocenters. The number of aromatic nitrogens is 4. The molecule has 0 radical (unpaired) electrons. The van der Waals surface area contributed by atoms with Crippen molar-refractivity contribution < 1.29 is 19.0 Å². The maximum absolute atomic E-state index is 12.4. The number of hydrogen-bond donors (Lipinski definition) is 2. The highest BCUT2D eigenvalue weighted by atomic mass is 16.6. The topological polar surface area (TPSA) is 111 Å². The molecule has 2 heterocycles. The molecule has 1 amide bonds. The van der Waals surface area contributed by atoms with Gasteiger partial charge in [0, 0.05) is 6.08 Å². The van der Waals surface area contributed by atoms with Gasteiger partial charge in [-0.05, 0) is 46.7 Å². The molecule has 0 fully saturated rings. The van der Waals surface area contributed by atoms with Crippen LogP contribution in [0.2, 0.25) is 0 Å². The number of tetrazole rings is 1. The first-order valence-electron chi connectivity index (χ1n) is 10.3. The second kappa shape index (κ2) is 10.3. The van der Waals surface area contributed by atoms with Crippen molar-refractivity contribution in [1.82, 2.24) is 20.6 Å². The van der Waals surface area contributed by atoms with Crippen LogP contribution in [0.15, 0.2) is 60.7 Å². The van der Waals surface area contributed by atoms with Crippen LogP contribution in [0.4, 0.5) is 5.69 Å². The van der Waals surface area contributed by atoms with Crippen molar-refractivity contribution in [3.8, 4) is 17.2 Å². The van der Waals surface area contributed by atoms with E-state index in [1.807, 2.05) is 30.3 Å². The Kier molecular flexibility index (Phi) is 6.76. The van der Waals surface area contributed by atoms with Gasteiger partial charge in [0.15, 0.2) is 23.4 Å². The number of amides is 1. The average Bonchev–Trinajstić information content (AvgIpc) is 3.36.